The van der Waals surface area contributed by atoms with E-state index >= 15 is 0 Å². The highest BCUT2D eigenvalue weighted by atomic mass is 32.2. The van der Waals surface area contributed by atoms with Gasteiger partial charge in [0.15, 0.2) is 0 Å². The van der Waals surface area contributed by atoms with Crippen molar-refractivity contribution in [2.24, 2.45) is 0 Å². The van der Waals surface area contributed by atoms with Gasteiger partial charge in [0.1, 0.15) is 12.4 Å². The van der Waals surface area contributed by atoms with E-state index in [1.54, 1.807) is 40.7 Å². The minimum atomic E-state index is -3.56. The first kappa shape index (κ1) is 27.5. The van der Waals surface area contributed by atoms with Gasteiger partial charge in [0, 0.05) is 31.7 Å². The Morgan fingerprint density at radius 1 is 0.838 bits per heavy atom. The third-order valence-electron chi connectivity index (χ3n) is 6.36. The summed E-state index contributed by atoms with van der Waals surface area (Å²) in [5, 5.41) is 2.76. The maximum atomic E-state index is 12.7. The highest BCUT2D eigenvalue weighted by Gasteiger charge is 2.26. The Balaban J connectivity index is 1.22. The standard InChI is InChI=1S/C25H33N3O7S2/c29-25(22-6-4-21(5-7-22)20-36(30,31)27-13-2-1-3-14-27)26-12-17-35-23-8-10-24(11-9-23)37(32,33)28-15-18-34-19-16-28/h4-11H,1-3,12-20H2,(H,26,29). The molecule has 2 aliphatic heterocycles. The molecule has 10 nitrogen and oxygen atoms in total. The van der Waals surface area contributed by atoms with Crippen LogP contribution in [-0.2, 0) is 30.5 Å². The Hall–Kier alpha value is -2.51. The van der Waals surface area contributed by atoms with E-state index in [4.69, 9.17) is 9.47 Å². The molecule has 12 heteroatoms. The van der Waals surface area contributed by atoms with Gasteiger partial charge in [0.2, 0.25) is 20.0 Å². The number of hydrogen-bond acceptors (Lipinski definition) is 7. The molecule has 0 atom stereocenters. The minimum absolute atomic E-state index is 0.0741. The monoisotopic (exact) mass is 551 g/mol. The van der Waals surface area contributed by atoms with Crippen molar-refractivity contribution >= 4 is 26.0 Å². The van der Waals surface area contributed by atoms with Crippen LogP contribution in [0.2, 0.25) is 0 Å². The first-order valence-electron chi connectivity index (χ1n) is 12.4. The van der Waals surface area contributed by atoms with Crippen LogP contribution in [0.5, 0.6) is 5.75 Å². The second-order valence-corrected chi connectivity index (χ2v) is 12.9. The van der Waals surface area contributed by atoms with E-state index in [2.05, 4.69) is 5.32 Å². The lowest BCUT2D eigenvalue weighted by Gasteiger charge is -2.26. The van der Waals surface area contributed by atoms with Gasteiger partial charge in [-0.2, -0.15) is 4.31 Å². The molecule has 1 N–H and O–H groups in total. The SMILES string of the molecule is O=C(NCCOc1ccc(S(=O)(=O)N2CCOCC2)cc1)c1ccc(CS(=O)(=O)N2CCCCC2)cc1. The average Bonchev–Trinajstić information content (AvgIpc) is 2.92. The average molecular weight is 552 g/mol. The van der Waals surface area contributed by atoms with Crippen molar-refractivity contribution in [1.29, 1.82) is 0 Å². The zero-order chi connectivity index (χ0) is 26.3. The lowest BCUT2D eigenvalue weighted by molar-refractivity contribution is 0.0730. The van der Waals surface area contributed by atoms with E-state index in [0.717, 1.165) is 19.3 Å². The fourth-order valence-corrected chi connectivity index (χ4v) is 7.30. The number of ether oxygens (including phenoxy) is 2. The number of nitrogens with one attached hydrogen (secondary N) is 1. The fraction of sp³-hybridized carbons (Fsp3) is 0.480. The Labute approximate surface area is 218 Å². The Morgan fingerprint density at radius 3 is 2.14 bits per heavy atom. The summed E-state index contributed by atoms with van der Waals surface area (Å²) in [5.74, 6) is 0.130. The maximum Gasteiger partial charge on any atom is 0.251 e. The molecule has 0 spiro atoms. The molecule has 2 aromatic rings. The number of piperidine rings is 1. The van der Waals surface area contributed by atoms with Crippen LogP contribution in [0.1, 0.15) is 35.2 Å². The molecule has 1 amide bonds. The number of carbonyl (C=O) groups excluding carboxylic acids is 1. The molecule has 0 saturated carbocycles. The highest BCUT2D eigenvalue weighted by Crippen LogP contribution is 2.21. The third-order valence-corrected chi connectivity index (χ3v) is 10.1. The van der Waals surface area contributed by atoms with Gasteiger partial charge in [-0.3, -0.25) is 4.79 Å². The van der Waals surface area contributed by atoms with Crippen LogP contribution in [0.15, 0.2) is 53.4 Å². The van der Waals surface area contributed by atoms with Crippen molar-refractivity contribution in [1.82, 2.24) is 13.9 Å². The number of benzene rings is 2. The Morgan fingerprint density at radius 2 is 1.49 bits per heavy atom. The van der Waals surface area contributed by atoms with Crippen LogP contribution < -0.4 is 10.1 Å². The summed E-state index contributed by atoms with van der Waals surface area (Å²) in [4.78, 5) is 12.6. The van der Waals surface area contributed by atoms with E-state index in [1.807, 2.05) is 0 Å². The fourth-order valence-electron chi connectivity index (χ4n) is 4.28. The summed E-state index contributed by atoms with van der Waals surface area (Å²) in [7, 11) is -6.91. The van der Waals surface area contributed by atoms with Gasteiger partial charge in [-0.05, 0) is 54.8 Å². The molecule has 2 saturated heterocycles. The van der Waals surface area contributed by atoms with Gasteiger partial charge in [0.25, 0.3) is 5.91 Å². The molecule has 2 heterocycles. The first-order chi connectivity index (χ1) is 17.8. The van der Waals surface area contributed by atoms with E-state index in [1.165, 1.54) is 16.4 Å². The number of rotatable bonds is 10. The summed E-state index contributed by atoms with van der Waals surface area (Å²) >= 11 is 0. The van der Waals surface area contributed by atoms with Crippen molar-refractivity contribution in [3.05, 3.63) is 59.7 Å². The van der Waals surface area contributed by atoms with Crippen molar-refractivity contribution in [3.8, 4) is 5.75 Å². The predicted octanol–water partition coefficient (Wildman–Crippen LogP) is 1.83. The molecule has 2 fully saturated rings. The Bertz CT molecular complexity index is 1250. The molecule has 37 heavy (non-hydrogen) atoms. The predicted molar refractivity (Wildman–Crippen MR) is 138 cm³/mol. The second-order valence-electron chi connectivity index (χ2n) is 9.01. The van der Waals surface area contributed by atoms with Gasteiger partial charge < -0.3 is 14.8 Å². The molecule has 0 radical (unpaired) electrons. The summed E-state index contributed by atoms with van der Waals surface area (Å²) in [6.07, 6.45) is 2.85. The number of nitrogens with zero attached hydrogens (tertiary/aromatic N) is 2. The molecule has 0 aliphatic carbocycles. The lowest BCUT2D eigenvalue weighted by Crippen LogP contribution is -2.40. The number of morpholine rings is 1. The number of sulfonamides is 2. The van der Waals surface area contributed by atoms with E-state index < -0.39 is 20.0 Å². The highest BCUT2D eigenvalue weighted by molar-refractivity contribution is 7.89. The van der Waals surface area contributed by atoms with Crippen LogP contribution in [-0.4, -0.2) is 83.9 Å². The first-order valence-corrected chi connectivity index (χ1v) is 15.5. The van der Waals surface area contributed by atoms with Gasteiger partial charge in [-0.1, -0.05) is 18.6 Å². The van der Waals surface area contributed by atoms with E-state index in [9.17, 15) is 21.6 Å². The molecule has 0 unspecified atom stereocenters. The topological polar surface area (TPSA) is 122 Å². The molecule has 4 rings (SSSR count). The van der Waals surface area contributed by atoms with Gasteiger partial charge in [0.05, 0.1) is 30.4 Å². The largest absolute Gasteiger partial charge is 0.492 e. The molecule has 0 aromatic heterocycles. The molecule has 2 aromatic carbocycles. The van der Waals surface area contributed by atoms with Crippen LogP contribution in [0, 0.1) is 0 Å². The second kappa shape index (κ2) is 12.4. The molecule has 0 bridgehead atoms. The van der Waals surface area contributed by atoms with Crippen LogP contribution in [0.4, 0.5) is 0 Å². The molecule has 202 valence electrons. The van der Waals surface area contributed by atoms with E-state index in [0.29, 0.717) is 56.3 Å². The third kappa shape index (κ3) is 7.29. The van der Waals surface area contributed by atoms with Crippen LogP contribution in [0.25, 0.3) is 0 Å². The smallest absolute Gasteiger partial charge is 0.251 e. The summed E-state index contributed by atoms with van der Waals surface area (Å²) in [6, 6.07) is 12.8. The van der Waals surface area contributed by atoms with Gasteiger partial charge >= 0.3 is 0 Å². The van der Waals surface area contributed by atoms with E-state index in [-0.39, 0.29) is 29.7 Å². The molecular formula is C25H33N3O7S2. The quantitative estimate of drug-likeness (QED) is 0.447. The lowest BCUT2D eigenvalue weighted by atomic mass is 10.1. The summed E-state index contributed by atoms with van der Waals surface area (Å²) in [6.45, 7) is 3.03. The number of carbonyl (C=O) groups is 1. The van der Waals surface area contributed by atoms with Crippen LogP contribution >= 0.6 is 0 Å². The molecule has 2 aliphatic rings. The zero-order valence-corrected chi connectivity index (χ0v) is 22.3. The van der Waals surface area contributed by atoms with Crippen LogP contribution in [0.3, 0.4) is 0 Å². The Kier molecular flexibility index (Phi) is 9.19. The van der Waals surface area contributed by atoms with Crippen molar-refractivity contribution in [2.75, 3.05) is 52.5 Å². The van der Waals surface area contributed by atoms with Gasteiger partial charge in [-0.25, -0.2) is 21.1 Å². The zero-order valence-electron chi connectivity index (χ0n) is 20.7. The number of amides is 1. The van der Waals surface area contributed by atoms with Crippen molar-refractivity contribution < 1.29 is 31.1 Å². The summed E-state index contributed by atoms with van der Waals surface area (Å²) in [5.41, 5.74) is 1.07. The summed E-state index contributed by atoms with van der Waals surface area (Å²) < 4.78 is 64.4. The van der Waals surface area contributed by atoms with Gasteiger partial charge in [-0.15, -0.1) is 0 Å². The maximum absolute atomic E-state index is 12.7. The molecular weight excluding hydrogens is 518 g/mol. The number of hydrogen-bond donors (Lipinski definition) is 1. The normalized spacial score (nSPS) is 17.8. The van der Waals surface area contributed by atoms with Crippen molar-refractivity contribution in [2.45, 2.75) is 29.9 Å². The van der Waals surface area contributed by atoms with Crippen molar-refractivity contribution in [3.63, 3.8) is 0 Å². The minimum Gasteiger partial charge on any atom is -0.492 e.